The zero-order chi connectivity index (χ0) is 14.3. The second-order valence-electron chi connectivity index (χ2n) is 7.14. The molecule has 0 amide bonds. The van der Waals surface area contributed by atoms with Crippen molar-refractivity contribution in [2.75, 3.05) is 20.6 Å². The largest absolute Gasteiger partial charge is 0.310 e. The van der Waals surface area contributed by atoms with Crippen LogP contribution in [0, 0.1) is 11.8 Å². The van der Waals surface area contributed by atoms with Crippen LogP contribution in [0.5, 0.6) is 0 Å². The van der Waals surface area contributed by atoms with Crippen LogP contribution in [-0.4, -0.2) is 37.6 Å². The van der Waals surface area contributed by atoms with Gasteiger partial charge in [0.05, 0.1) is 0 Å². The summed E-state index contributed by atoms with van der Waals surface area (Å²) in [6.07, 6.45) is 9.91. The molecule has 0 spiro atoms. The maximum absolute atomic E-state index is 3.95. The van der Waals surface area contributed by atoms with E-state index in [4.69, 9.17) is 0 Å². The molecule has 1 N–H and O–H groups in total. The Kier molecular flexibility index (Phi) is 8.01. The van der Waals surface area contributed by atoms with Gasteiger partial charge in [-0.25, -0.2) is 0 Å². The third-order valence-electron chi connectivity index (χ3n) is 4.60. The predicted octanol–water partition coefficient (Wildman–Crippen LogP) is 3.91. The fraction of sp³-hybridized carbons (Fsp3) is 1.00. The van der Waals surface area contributed by atoms with E-state index in [1.165, 1.54) is 44.9 Å². The van der Waals surface area contributed by atoms with Gasteiger partial charge in [0.15, 0.2) is 0 Å². The number of hydrogen-bond donors (Lipinski definition) is 1. The van der Waals surface area contributed by atoms with Gasteiger partial charge in [0.2, 0.25) is 0 Å². The van der Waals surface area contributed by atoms with Crippen molar-refractivity contribution in [3.05, 3.63) is 0 Å². The Hall–Kier alpha value is -0.0800. The molecule has 0 heterocycles. The molecule has 0 aromatic heterocycles. The maximum atomic E-state index is 3.95. The van der Waals surface area contributed by atoms with Gasteiger partial charge in [0.25, 0.3) is 0 Å². The molecule has 0 radical (unpaired) electrons. The highest BCUT2D eigenvalue weighted by Crippen LogP contribution is 2.27. The molecule has 3 atom stereocenters. The van der Waals surface area contributed by atoms with Gasteiger partial charge in [0.1, 0.15) is 0 Å². The second-order valence-corrected chi connectivity index (χ2v) is 7.14. The molecule has 0 saturated heterocycles. The van der Waals surface area contributed by atoms with Gasteiger partial charge in [0, 0.05) is 18.6 Å². The van der Waals surface area contributed by atoms with Crippen LogP contribution in [0.25, 0.3) is 0 Å². The molecule has 2 nitrogen and oxygen atoms in total. The Balaban J connectivity index is 2.41. The molecular formula is C17H36N2. The normalized spacial score (nSPS) is 26.7. The lowest BCUT2D eigenvalue weighted by Gasteiger charge is -2.30. The first-order valence-corrected chi connectivity index (χ1v) is 8.43. The summed E-state index contributed by atoms with van der Waals surface area (Å²) in [7, 11) is 4.36. The number of hydrogen-bond acceptors (Lipinski definition) is 2. The molecule has 114 valence electrons. The van der Waals surface area contributed by atoms with Crippen LogP contribution >= 0.6 is 0 Å². The minimum Gasteiger partial charge on any atom is -0.310 e. The molecule has 3 unspecified atom stereocenters. The zero-order valence-corrected chi connectivity index (χ0v) is 13.9. The minimum absolute atomic E-state index is 0.641. The van der Waals surface area contributed by atoms with Crippen molar-refractivity contribution in [2.24, 2.45) is 11.8 Å². The quantitative estimate of drug-likeness (QED) is 0.704. The highest BCUT2D eigenvalue weighted by atomic mass is 15.1. The van der Waals surface area contributed by atoms with Crippen LogP contribution in [0.3, 0.4) is 0 Å². The van der Waals surface area contributed by atoms with Gasteiger partial charge in [-0.2, -0.15) is 0 Å². The first-order chi connectivity index (χ1) is 9.02. The van der Waals surface area contributed by atoms with Crippen molar-refractivity contribution in [3.8, 4) is 0 Å². The summed E-state index contributed by atoms with van der Waals surface area (Å²) in [4.78, 5) is 2.31. The standard InChI is InChI=1S/C17H36N2/c1-6-8-15-9-7-10-16(12-11-15)18-17(14(2)3)13-19(4)5/h14-18H,6-13H2,1-5H3. The Morgan fingerprint density at radius 2 is 1.84 bits per heavy atom. The zero-order valence-electron chi connectivity index (χ0n) is 13.9. The smallest absolute Gasteiger partial charge is 0.0220 e. The van der Waals surface area contributed by atoms with Crippen LogP contribution in [0.1, 0.15) is 65.7 Å². The van der Waals surface area contributed by atoms with Crippen molar-refractivity contribution >= 4 is 0 Å². The summed E-state index contributed by atoms with van der Waals surface area (Å²) in [5, 5.41) is 3.95. The highest BCUT2D eigenvalue weighted by molar-refractivity contribution is 4.81. The van der Waals surface area contributed by atoms with E-state index >= 15 is 0 Å². The lowest BCUT2D eigenvalue weighted by molar-refractivity contribution is 0.259. The first kappa shape index (κ1) is 17.0. The van der Waals surface area contributed by atoms with Crippen LogP contribution < -0.4 is 5.32 Å². The van der Waals surface area contributed by atoms with Gasteiger partial charge >= 0.3 is 0 Å². The molecule has 1 saturated carbocycles. The van der Waals surface area contributed by atoms with Gasteiger partial charge in [-0.3, -0.25) is 0 Å². The Bertz CT molecular complexity index is 225. The van der Waals surface area contributed by atoms with E-state index in [1.807, 2.05) is 0 Å². The van der Waals surface area contributed by atoms with E-state index < -0.39 is 0 Å². The molecule has 0 aromatic rings. The van der Waals surface area contributed by atoms with E-state index in [2.05, 4.69) is 45.1 Å². The van der Waals surface area contributed by atoms with Gasteiger partial charge in [-0.1, -0.05) is 46.5 Å². The average Bonchev–Trinajstić information content (AvgIpc) is 2.54. The summed E-state index contributed by atoms with van der Waals surface area (Å²) in [5.74, 6) is 1.72. The molecule has 1 aliphatic rings. The van der Waals surface area contributed by atoms with E-state index in [-0.39, 0.29) is 0 Å². The van der Waals surface area contributed by atoms with Gasteiger partial charge in [-0.05, 0) is 45.2 Å². The summed E-state index contributed by atoms with van der Waals surface area (Å²) < 4.78 is 0. The Labute approximate surface area is 121 Å². The van der Waals surface area contributed by atoms with Gasteiger partial charge in [-0.15, -0.1) is 0 Å². The summed E-state index contributed by atoms with van der Waals surface area (Å²) in [6.45, 7) is 8.18. The first-order valence-electron chi connectivity index (χ1n) is 8.43. The number of nitrogens with one attached hydrogen (secondary N) is 1. The Morgan fingerprint density at radius 3 is 2.42 bits per heavy atom. The minimum atomic E-state index is 0.641. The molecule has 0 aliphatic heterocycles. The highest BCUT2D eigenvalue weighted by Gasteiger charge is 2.22. The fourth-order valence-corrected chi connectivity index (χ4v) is 3.39. The second kappa shape index (κ2) is 8.97. The lowest BCUT2D eigenvalue weighted by atomic mass is 9.95. The maximum Gasteiger partial charge on any atom is 0.0220 e. The van der Waals surface area contributed by atoms with Crippen molar-refractivity contribution in [1.29, 1.82) is 0 Å². The molecule has 0 bridgehead atoms. The van der Waals surface area contributed by atoms with E-state index in [1.54, 1.807) is 0 Å². The molecule has 0 aromatic carbocycles. The molecule has 1 rings (SSSR count). The SMILES string of the molecule is CCCC1CCCC(NC(CN(C)C)C(C)C)CC1. The number of likely N-dealkylation sites (N-methyl/N-ethyl adjacent to an activating group) is 1. The molecule has 2 heteroatoms. The third-order valence-corrected chi connectivity index (χ3v) is 4.60. The van der Waals surface area contributed by atoms with Crippen molar-refractivity contribution < 1.29 is 0 Å². The predicted molar refractivity (Wildman–Crippen MR) is 85.6 cm³/mol. The topological polar surface area (TPSA) is 15.3 Å². The van der Waals surface area contributed by atoms with Gasteiger partial charge < -0.3 is 10.2 Å². The van der Waals surface area contributed by atoms with E-state index in [0.29, 0.717) is 6.04 Å². The molecular weight excluding hydrogens is 232 g/mol. The van der Waals surface area contributed by atoms with Crippen LogP contribution in [0.15, 0.2) is 0 Å². The van der Waals surface area contributed by atoms with E-state index in [0.717, 1.165) is 24.4 Å². The summed E-state index contributed by atoms with van der Waals surface area (Å²) in [5.41, 5.74) is 0. The van der Waals surface area contributed by atoms with Crippen molar-refractivity contribution in [2.45, 2.75) is 77.8 Å². The number of nitrogens with zero attached hydrogens (tertiary/aromatic N) is 1. The average molecular weight is 268 g/mol. The van der Waals surface area contributed by atoms with Crippen LogP contribution in [0.4, 0.5) is 0 Å². The van der Waals surface area contributed by atoms with Crippen molar-refractivity contribution in [1.82, 2.24) is 10.2 Å². The molecule has 19 heavy (non-hydrogen) atoms. The monoisotopic (exact) mass is 268 g/mol. The fourth-order valence-electron chi connectivity index (χ4n) is 3.39. The summed E-state index contributed by atoms with van der Waals surface area (Å²) in [6, 6.07) is 1.40. The summed E-state index contributed by atoms with van der Waals surface area (Å²) >= 11 is 0. The lowest BCUT2D eigenvalue weighted by Crippen LogP contribution is -2.46. The van der Waals surface area contributed by atoms with Crippen molar-refractivity contribution in [3.63, 3.8) is 0 Å². The number of rotatable bonds is 7. The molecule has 1 fully saturated rings. The Morgan fingerprint density at radius 1 is 1.11 bits per heavy atom. The van der Waals surface area contributed by atoms with Crippen LogP contribution in [-0.2, 0) is 0 Å². The molecule has 1 aliphatic carbocycles. The van der Waals surface area contributed by atoms with E-state index in [9.17, 15) is 0 Å². The third kappa shape index (κ3) is 6.76. The van der Waals surface area contributed by atoms with Crippen LogP contribution in [0.2, 0.25) is 0 Å².